The van der Waals surface area contributed by atoms with Gasteiger partial charge >= 0.3 is 6.03 Å². The molecule has 21 heavy (non-hydrogen) atoms. The van der Waals surface area contributed by atoms with Crippen LogP contribution in [-0.4, -0.2) is 15.8 Å². The molecule has 1 N–H and O–H groups in total. The van der Waals surface area contributed by atoms with Crippen LogP contribution in [0.25, 0.3) is 10.9 Å². The Balaban J connectivity index is 1.91. The molecule has 0 aliphatic rings. The van der Waals surface area contributed by atoms with E-state index in [2.05, 4.69) is 10.4 Å². The molecule has 0 atom stereocenters. The van der Waals surface area contributed by atoms with Gasteiger partial charge in [0.05, 0.1) is 11.7 Å². The summed E-state index contributed by atoms with van der Waals surface area (Å²) >= 11 is 5.93. The molecular weight excluding hydrogens is 286 g/mol. The standard InChI is InChI=1S/C16H14ClN3O/c1-10-3-5-14(7-11(10)2)19-16(21)20-15-6-4-13(17)8-12(15)9-18-20/h3-9H,1-2H3,(H,19,21). The van der Waals surface area contributed by atoms with Gasteiger partial charge < -0.3 is 5.32 Å². The van der Waals surface area contributed by atoms with Crippen LogP contribution in [0.4, 0.5) is 10.5 Å². The molecule has 1 aromatic heterocycles. The first-order chi connectivity index (χ1) is 10.0. The molecule has 1 amide bonds. The molecule has 0 unspecified atom stereocenters. The lowest BCUT2D eigenvalue weighted by atomic mass is 10.1. The number of nitrogens with one attached hydrogen (secondary N) is 1. The number of rotatable bonds is 1. The number of carbonyl (C=O) groups is 1. The zero-order valence-electron chi connectivity index (χ0n) is 11.7. The largest absolute Gasteiger partial charge is 0.347 e. The van der Waals surface area contributed by atoms with Gasteiger partial charge in [0.25, 0.3) is 0 Å². The highest BCUT2D eigenvalue weighted by molar-refractivity contribution is 6.31. The Hall–Kier alpha value is -2.33. The van der Waals surface area contributed by atoms with E-state index in [1.165, 1.54) is 10.2 Å². The predicted octanol–water partition coefficient (Wildman–Crippen LogP) is 4.39. The molecule has 0 radical (unpaired) electrons. The van der Waals surface area contributed by atoms with E-state index < -0.39 is 0 Å². The van der Waals surface area contributed by atoms with Gasteiger partial charge in [0, 0.05) is 16.1 Å². The molecule has 0 saturated carbocycles. The lowest BCUT2D eigenvalue weighted by molar-refractivity contribution is 0.252. The highest BCUT2D eigenvalue weighted by atomic mass is 35.5. The summed E-state index contributed by atoms with van der Waals surface area (Å²) in [5.74, 6) is 0. The van der Waals surface area contributed by atoms with Gasteiger partial charge in [-0.25, -0.2) is 4.79 Å². The first-order valence-electron chi connectivity index (χ1n) is 6.56. The molecule has 1 heterocycles. The second-order valence-electron chi connectivity index (χ2n) is 4.99. The van der Waals surface area contributed by atoms with Gasteiger partial charge in [-0.05, 0) is 55.3 Å². The third-order valence-corrected chi connectivity index (χ3v) is 3.72. The number of benzene rings is 2. The van der Waals surface area contributed by atoms with E-state index in [0.29, 0.717) is 5.02 Å². The SMILES string of the molecule is Cc1ccc(NC(=O)n2ncc3cc(Cl)ccc32)cc1C. The van der Waals surface area contributed by atoms with E-state index in [9.17, 15) is 4.79 Å². The van der Waals surface area contributed by atoms with E-state index in [0.717, 1.165) is 22.2 Å². The van der Waals surface area contributed by atoms with Crippen molar-refractivity contribution in [3.63, 3.8) is 0 Å². The monoisotopic (exact) mass is 299 g/mol. The fourth-order valence-electron chi connectivity index (χ4n) is 2.16. The second kappa shape index (κ2) is 5.22. The molecule has 0 aliphatic heterocycles. The van der Waals surface area contributed by atoms with Crippen molar-refractivity contribution in [3.8, 4) is 0 Å². The lowest BCUT2D eigenvalue weighted by Crippen LogP contribution is -2.20. The van der Waals surface area contributed by atoms with Crippen molar-refractivity contribution in [1.29, 1.82) is 0 Å². The van der Waals surface area contributed by atoms with Gasteiger partial charge in [-0.1, -0.05) is 17.7 Å². The van der Waals surface area contributed by atoms with Gasteiger partial charge in [0.15, 0.2) is 0 Å². The van der Waals surface area contributed by atoms with Crippen LogP contribution in [0.3, 0.4) is 0 Å². The highest BCUT2D eigenvalue weighted by Gasteiger charge is 2.11. The maximum atomic E-state index is 12.3. The normalized spacial score (nSPS) is 10.8. The molecule has 4 nitrogen and oxygen atoms in total. The van der Waals surface area contributed by atoms with Crippen molar-refractivity contribution in [1.82, 2.24) is 9.78 Å². The Kier molecular flexibility index (Phi) is 3.39. The van der Waals surface area contributed by atoms with Crippen molar-refractivity contribution < 1.29 is 4.79 Å². The Morgan fingerprint density at radius 2 is 1.95 bits per heavy atom. The molecule has 0 spiro atoms. The maximum Gasteiger partial charge on any atom is 0.347 e. The predicted molar refractivity (Wildman–Crippen MR) is 85.1 cm³/mol. The summed E-state index contributed by atoms with van der Waals surface area (Å²) in [6, 6.07) is 10.8. The van der Waals surface area contributed by atoms with Crippen LogP contribution in [0.2, 0.25) is 5.02 Å². The lowest BCUT2D eigenvalue weighted by Gasteiger charge is -2.08. The van der Waals surface area contributed by atoms with Crippen molar-refractivity contribution in [2.75, 3.05) is 5.32 Å². The number of nitrogens with zero attached hydrogens (tertiary/aromatic N) is 2. The van der Waals surface area contributed by atoms with E-state index in [1.54, 1.807) is 24.4 Å². The van der Waals surface area contributed by atoms with E-state index >= 15 is 0 Å². The number of amides is 1. The van der Waals surface area contributed by atoms with Crippen LogP contribution >= 0.6 is 11.6 Å². The van der Waals surface area contributed by atoms with Crippen molar-refractivity contribution in [3.05, 3.63) is 58.7 Å². The van der Waals surface area contributed by atoms with Crippen LogP contribution < -0.4 is 5.32 Å². The summed E-state index contributed by atoms with van der Waals surface area (Å²) in [5.41, 5.74) is 3.79. The fourth-order valence-corrected chi connectivity index (χ4v) is 2.34. The van der Waals surface area contributed by atoms with Gasteiger partial charge in [-0.3, -0.25) is 0 Å². The Bertz CT molecular complexity index is 839. The molecule has 106 valence electrons. The molecule has 0 aliphatic carbocycles. The number of hydrogen-bond acceptors (Lipinski definition) is 2. The number of aromatic nitrogens is 2. The highest BCUT2D eigenvalue weighted by Crippen LogP contribution is 2.20. The number of fused-ring (bicyclic) bond motifs is 1. The van der Waals surface area contributed by atoms with Crippen LogP contribution in [0, 0.1) is 13.8 Å². The molecule has 0 fully saturated rings. The number of anilines is 1. The summed E-state index contributed by atoms with van der Waals surface area (Å²) in [7, 11) is 0. The molecule has 5 heteroatoms. The summed E-state index contributed by atoms with van der Waals surface area (Å²) in [6.07, 6.45) is 1.63. The van der Waals surface area contributed by atoms with Crippen molar-refractivity contribution >= 4 is 34.2 Å². The number of hydrogen-bond donors (Lipinski definition) is 1. The third kappa shape index (κ3) is 2.62. The van der Waals surface area contributed by atoms with Gasteiger partial charge in [0.1, 0.15) is 0 Å². The molecule has 0 bridgehead atoms. The minimum Gasteiger partial charge on any atom is -0.306 e. The Morgan fingerprint density at radius 3 is 2.71 bits per heavy atom. The first kappa shape index (κ1) is 13.6. The molecular formula is C16H14ClN3O. The summed E-state index contributed by atoms with van der Waals surface area (Å²) < 4.78 is 1.33. The van der Waals surface area contributed by atoms with Crippen molar-refractivity contribution in [2.45, 2.75) is 13.8 Å². The van der Waals surface area contributed by atoms with Gasteiger partial charge in [-0.15, -0.1) is 0 Å². The van der Waals surface area contributed by atoms with E-state index in [1.807, 2.05) is 32.0 Å². The summed E-state index contributed by atoms with van der Waals surface area (Å²) in [5, 5.41) is 8.42. The van der Waals surface area contributed by atoms with E-state index in [-0.39, 0.29) is 6.03 Å². The first-order valence-corrected chi connectivity index (χ1v) is 6.94. The average molecular weight is 300 g/mol. The fraction of sp³-hybridized carbons (Fsp3) is 0.125. The minimum absolute atomic E-state index is 0.296. The van der Waals surface area contributed by atoms with Crippen LogP contribution in [0.1, 0.15) is 11.1 Å². The Morgan fingerprint density at radius 1 is 1.14 bits per heavy atom. The number of halogens is 1. The summed E-state index contributed by atoms with van der Waals surface area (Å²) in [4.78, 5) is 12.3. The average Bonchev–Trinajstić information content (AvgIpc) is 2.85. The van der Waals surface area contributed by atoms with Crippen LogP contribution in [0.15, 0.2) is 42.6 Å². The topological polar surface area (TPSA) is 46.9 Å². The molecule has 0 saturated heterocycles. The van der Waals surface area contributed by atoms with E-state index in [4.69, 9.17) is 11.6 Å². The number of carbonyl (C=O) groups excluding carboxylic acids is 1. The maximum absolute atomic E-state index is 12.3. The minimum atomic E-state index is -0.296. The smallest absolute Gasteiger partial charge is 0.306 e. The zero-order valence-corrected chi connectivity index (χ0v) is 12.5. The van der Waals surface area contributed by atoms with Crippen LogP contribution in [-0.2, 0) is 0 Å². The zero-order chi connectivity index (χ0) is 15.0. The van der Waals surface area contributed by atoms with Crippen molar-refractivity contribution in [2.24, 2.45) is 0 Å². The second-order valence-corrected chi connectivity index (χ2v) is 5.43. The number of aryl methyl sites for hydroxylation is 2. The quantitative estimate of drug-likeness (QED) is 0.724. The molecule has 3 aromatic rings. The van der Waals surface area contributed by atoms with Crippen LogP contribution in [0.5, 0.6) is 0 Å². The third-order valence-electron chi connectivity index (χ3n) is 3.48. The molecule has 3 rings (SSSR count). The molecule has 2 aromatic carbocycles. The Labute approximate surface area is 127 Å². The van der Waals surface area contributed by atoms with Gasteiger partial charge in [0.2, 0.25) is 0 Å². The van der Waals surface area contributed by atoms with Gasteiger partial charge in [-0.2, -0.15) is 9.78 Å². The summed E-state index contributed by atoms with van der Waals surface area (Å²) in [6.45, 7) is 4.04.